The van der Waals surface area contributed by atoms with Gasteiger partial charge in [0.1, 0.15) is 45.7 Å². The number of carbonyl (C=O) groups is 3. The molecule has 5 atom stereocenters. The van der Waals surface area contributed by atoms with Crippen molar-refractivity contribution < 1.29 is 49.5 Å². The van der Waals surface area contributed by atoms with Crippen molar-refractivity contribution in [2.75, 3.05) is 63.5 Å². The van der Waals surface area contributed by atoms with Gasteiger partial charge in [0.25, 0.3) is 0 Å². The van der Waals surface area contributed by atoms with Crippen LogP contribution in [0.1, 0.15) is 133 Å². The summed E-state index contributed by atoms with van der Waals surface area (Å²) < 4.78 is 120. The van der Waals surface area contributed by atoms with Crippen molar-refractivity contribution in [1.82, 2.24) is 44.4 Å². The topological polar surface area (TPSA) is 143 Å². The molecule has 2 spiro atoms. The molecule has 2 unspecified atom stereocenters. The standard InChI is InChI=1S/C54H61F8N11O3/c1-28(36-7-6-8-40(42(36)55)53(57,58)59)63-47-39-25-73(35-15-18-71(23-35)48(74)33-11-12-33)50(76)52(45(39)66-31(4)68-47)17-20-70(27-52)22-34-13-14-37(43(56)41(34)54(60,61)62)29(2)64-46-38-24-72(21-32-9-10-32)49(75)51(16-19-69(5)26-51)44(38)65-30(3)67-46/h6-8,13-14,28-29,32-33,35H,9-12,15-27H2,1-5H3,(H,63,66,68)(H,64,65,67)/t28-,29-,35+,51?,52?/m1/s1. The number of aromatic nitrogens is 4. The predicted molar refractivity (Wildman–Crippen MR) is 262 cm³/mol. The molecule has 22 heteroatoms. The fourth-order valence-corrected chi connectivity index (χ4v) is 12.7. The number of amides is 3. The first-order chi connectivity index (χ1) is 36.0. The molecule has 2 saturated carbocycles. The molecule has 4 aromatic rings. The van der Waals surface area contributed by atoms with Gasteiger partial charge in [0, 0.05) is 74.0 Å². The van der Waals surface area contributed by atoms with Gasteiger partial charge in [0.2, 0.25) is 17.7 Å². The summed E-state index contributed by atoms with van der Waals surface area (Å²) in [5.74, 6) is -1.87. The summed E-state index contributed by atoms with van der Waals surface area (Å²) in [5.41, 5.74) is -4.16. The fraction of sp³-hybridized carbons (Fsp3) is 0.574. The lowest BCUT2D eigenvalue weighted by Gasteiger charge is -2.43. The number of benzene rings is 2. The summed E-state index contributed by atoms with van der Waals surface area (Å²) in [7, 11) is 1.95. The molecule has 2 aromatic carbocycles. The van der Waals surface area contributed by atoms with Crippen molar-refractivity contribution in [2.24, 2.45) is 11.8 Å². The van der Waals surface area contributed by atoms with E-state index in [0.29, 0.717) is 79.5 Å². The third-order valence-corrected chi connectivity index (χ3v) is 16.9. The maximum Gasteiger partial charge on any atom is 0.419 e. The lowest BCUT2D eigenvalue weighted by atomic mass is 9.76. The van der Waals surface area contributed by atoms with Crippen LogP contribution in [0.3, 0.4) is 0 Å². The number of carbonyl (C=O) groups excluding carboxylic acids is 3. The molecule has 5 aliphatic heterocycles. The summed E-state index contributed by atoms with van der Waals surface area (Å²) in [4.78, 5) is 70.7. The number of hydrogen-bond acceptors (Lipinski definition) is 11. The van der Waals surface area contributed by atoms with Crippen LogP contribution in [0.2, 0.25) is 0 Å². The second-order valence-electron chi connectivity index (χ2n) is 22.5. The number of fused-ring (bicyclic) bond motifs is 4. The zero-order valence-electron chi connectivity index (χ0n) is 43.1. The molecule has 0 bridgehead atoms. The van der Waals surface area contributed by atoms with Crippen LogP contribution >= 0.6 is 0 Å². The normalized spacial score (nSPS) is 25.0. The molecule has 3 saturated heterocycles. The fourth-order valence-electron chi connectivity index (χ4n) is 12.7. The first kappa shape index (κ1) is 52.0. The Morgan fingerprint density at radius 1 is 0.737 bits per heavy atom. The van der Waals surface area contributed by atoms with Gasteiger partial charge in [-0.3, -0.25) is 19.3 Å². The van der Waals surface area contributed by atoms with E-state index in [4.69, 9.17) is 15.0 Å². The van der Waals surface area contributed by atoms with Crippen molar-refractivity contribution in [3.8, 4) is 0 Å². The Morgan fingerprint density at radius 2 is 1.36 bits per heavy atom. The molecule has 14 nitrogen and oxygen atoms in total. The van der Waals surface area contributed by atoms with Gasteiger partial charge in [0.05, 0.1) is 53.7 Å². The molecule has 2 aliphatic carbocycles. The van der Waals surface area contributed by atoms with E-state index in [-0.39, 0.29) is 96.8 Å². The van der Waals surface area contributed by atoms with Gasteiger partial charge in [-0.1, -0.05) is 24.3 Å². The highest BCUT2D eigenvalue weighted by Gasteiger charge is 2.57. The van der Waals surface area contributed by atoms with E-state index in [1.165, 1.54) is 25.1 Å². The molecular weight excluding hydrogens is 1000 g/mol. The average molecular weight is 1060 g/mol. The second kappa shape index (κ2) is 18.9. The molecular formula is C54H61F8N11O3. The van der Waals surface area contributed by atoms with Gasteiger partial charge < -0.3 is 30.2 Å². The quantitative estimate of drug-likeness (QED) is 0.132. The molecule has 0 radical (unpaired) electrons. The Morgan fingerprint density at radius 3 is 1.95 bits per heavy atom. The van der Waals surface area contributed by atoms with Crippen LogP contribution in [-0.4, -0.2) is 121 Å². The number of nitrogens with one attached hydrogen (secondary N) is 2. The number of aryl methyl sites for hydroxylation is 2. The maximum atomic E-state index is 17.0. The largest absolute Gasteiger partial charge is 0.419 e. The summed E-state index contributed by atoms with van der Waals surface area (Å²) in [6.45, 7) is 8.41. The SMILES string of the molecule is Cc1nc(N[C@H](C)c2ccc(CN3CCC4(C3)C(=O)N([C@H]3CCN(C(=O)C5CC5)C3)Cc3c(N[C@H](C)c5cccc(C(F)(F)F)c5F)nc(C)nc34)c(C(F)(F)F)c2F)c2c(n1)C1(CCN(C)C1)C(=O)N(CC1CC1)C2. The number of halogens is 8. The van der Waals surface area contributed by atoms with Crippen molar-refractivity contribution in [3.05, 3.63) is 104 Å². The van der Waals surface area contributed by atoms with E-state index in [0.717, 1.165) is 31.7 Å². The first-order valence-corrected chi connectivity index (χ1v) is 26.3. The monoisotopic (exact) mass is 1060 g/mol. The molecule has 5 fully saturated rings. The molecule has 2 N–H and O–H groups in total. The van der Waals surface area contributed by atoms with Gasteiger partial charge >= 0.3 is 12.4 Å². The molecule has 7 heterocycles. The highest BCUT2D eigenvalue weighted by Crippen LogP contribution is 2.48. The van der Waals surface area contributed by atoms with E-state index < -0.39 is 70.6 Å². The smallest absolute Gasteiger partial charge is 0.363 e. The molecule has 76 heavy (non-hydrogen) atoms. The third kappa shape index (κ3) is 9.21. The number of anilines is 2. The Kier molecular flexibility index (Phi) is 12.9. The van der Waals surface area contributed by atoms with E-state index in [2.05, 4.69) is 20.5 Å². The van der Waals surface area contributed by atoms with Crippen LogP contribution in [0.5, 0.6) is 0 Å². The third-order valence-electron chi connectivity index (χ3n) is 16.9. The average Bonchev–Trinajstić information content (AvgIpc) is 4.28. The van der Waals surface area contributed by atoms with Crippen molar-refractivity contribution in [1.29, 1.82) is 0 Å². The number of nitrogens with zero attached hydrogens (tertiary/aromatic N) is 9. The van der Waals surface area contributed by atoms with Crippen LogP contribution in [-0.2, 0) is 57.2 Å². The summed E-state index contributed by atoms with van der Waals surface area (Å²) in [6, 6.07) is 3.07. The highest BCUT2D eigenvalue weighted by molar-refractivity contribution is 5.92. The minimum absolute atomic E-state index is 0.00940. The highest BCUT2D eigenvalue weighted by atomic mass is 19.4. The molecule has 2 aromatic heterocycles. The predicted octanol–water partition coefficient (Wildman–Crippen LogP) is 8.37. The minimum atomic E-state index is -5.14. The van der Waals surface area contributed by atoms with E-state index in [1.807, 2.05) is 11.9 Å². The summed E-state index contributed by atoms with van der Waals surface area (Å²) >= 11 is 0. The maximum absolute atomic E-state index is 17.0. The molecule has 11 rings (SSSR count). The Balaban J connectivity index is 0.902. The summed E-state index contributed by atoms with van der Waals surface area (Å²) in [6.07, 6.45) is -5.39. The Hall–Kier alpha value is -6.03. The van der Waals surface area contributed by atoms with Crippen LogP contribution < -0.4 is 10.6 Å². The van der Waals surface area contributed by atoms with E-state index in [1.54, 1.807) is 35.5 Å². The van der Waals surface area contributed by atoms with Crippen LogP contribution in [0.25, 0.3) is 0 Å². The Bertz CT molecular complexity index is 3020. The van der Waals surface area contributed by atoms with Gasteiger partial charge in [-0.05, 0) is 104 Å². The Labute approximate surface area is 435 Å². The second-order valence-corrected chi connectivity index (χ2v) is 22.5. The van der Waals surface area contributed by atoms with E-state index in [9.17, 15) is 22.8 Å². The van der Waals surface area contributed by atoms with Crippen LogP contribution in [0.15, 0.2) is 30.3 Å². The van der Waals surface area contributed by atoms with Crippen molar-refractivity contribution >= 4 is 29.4 Å². The van der Waals surface area contributed by atoms with E-state index >= 15 is 26.7 Å². The van der Waals surface area contributed by atoms with Gasteiger partial charge in [-0.2, -0.15) is 26.3 Å². The summed E-state index contributed by atoms with van der Waals surface area (Å²) in [5, 5.41) is 6.35. The zero-order chi connectivity index (χ0) is 54.0. The minimum Gasteiger partial charge on any atom is -0.363 e. The molecule has 7 aliphatic rings. The van der Waals surface area contributed by atoms with Crippen molar-refractivity contribution in [3.63, 3.8) is 0 Å². The number of likely N-dealkylation sites (tertiary alicyclic amines) is 3. The number of alkyl halides is 6. The lowest BCUT2D eigenvalue weighted by Crippen LogP contribution is -2.56. The van der Waals surface area contributed by atoms with Gasteiger partial charge in [0.15, 0.2) is 0 Å². The molecule has 406 valence electrons. The molecule has 3 amide bonds. The number of likely N-dealkylation sites (N-methyl/N-ethyl adjacent to an activating group) is 1. The lowest BCUT2D eigenvalue weighted by molar-refractivity contribution is -0.143. The van der Waals surface area contributed by atoms with Crippen LogP contribution in [0, 0.1) is 37.3 Å². The van der Waals surface area contributed by atoms with Gasteiger partial charge in [-0.25, -0.2) is 28.7 Å². The van der Waals surface area contributed by atoms with Crippen molar-refractivity contribution in [2.45, 2.75) is 134 Å². The first-order valence-electron chi connectivity index (χ1n) is 26.3. The van der Waals surface area contributed by atoms with Crippen LogP contribution in [0.4, 0.5) is 46.8 Å². The number of rotatable bonds is 12. The number of hydrogen-bond donors (Lipinski definition) is 2. The zero-order valence-corrected chi connectivity index (χ0v) is 43.1. The van der Waals surface area contributed by atoms with Gasteiger partial charge in [-0.15, -0.1) is 0 Å².